The van der Waals surface area contributed by atoms with Crippen molar-refractivity contribution in [2.45, 2.75) is 39.8 Å². The summed E-state index contributed by atoms with van der Waals surface area (Å²) in [5, 5.41) is 3.58. The smallest absolute Gasteiger partial charge is 0.0922 e. The van der Waals surface area contributed by atoms with Gasteiger partial charge in [0.05, 0.1) is 6.33 Å². The zero-order valence-electron chi connectivity index (χ0n) is 11.9. The normalized spacial score (nSPS) is 13.4. The molecule has 0 aliphatic rings. The maximum Gasteiger partial charge on any atom is 0.0922 e. The van der Waals surface area contributed by atoms with Crippen LogP contribution in [0.2, 0.25) is 0 Å². The van der Waals surface area contributed by atoms with E-state index in [4.69, 9.17) is 0 Å². The zero-order valence-corrected chi connectivity index (χ0v) is 11.9. The van der Waals surface area contributed by atoms with E-state index < -0.39 is 0 Å². The molecule has 0 aliphatic carbocycles. The predicted molar refractivity (Wildman–Crippen MR) is 76.5 cm³/mol. The van der Waals surface area contributed by atoms with Crippen LogP contribution in [0.5, 0.6) is 0 Å². The number of aromatic nitrogens is 3. The molecule has 2 aromatic heterocycles. The molecule has 0 saturated carbocycles. The Morgan fingerprint density at radius 2 is 2.11 bits per heavy atom. The Morgan fingerprint density at radius 1 is 1.26 bits per heavy atom. The van der Waals surface area contributed by atoms with Gasteiger partial charge in [-0.25, -0.2) is 4.98 Å². The molecule has 1 atom stereocenters. The minimum atomic E-state index is 0.265. The average molecular weight is 258 g/mol. The lowest BCUT2D eigenvalue weighted by molar-refractivity contribution is 0.309. The summed E-state index contributed by atoms with van der Waals surface area (Å²) < 4.78 is 0. The highest BCUT2D eigenvalue weighted by Gasteiger charge is 2.20. The fourth-order valence-corrected chi connectivity index (χ4v) is 2.12. The molecule has 4 nitrogen and oxygen atoms in total. The van der Waals surface area contributed by atoms with E-state index in [1.54, 1.807) is 6.33 Å². The van der Waals surface area contributed by atoms with Crippen molar-refractivity contribution in [3.8, 4) is 0 Å². The van der Waals surface area contributed by atoms with Crippen LogP contribution in [0, 0.1) is 5.41 Å². The number of nitrogens with zero attached hydrogens (tertiary/aromatic N) is 2. The minimum absolute atomic E-state index is 0.265. The SMILES string of the molecule is CC(C)(C)CC(NCc1cnc[nH]1)c1cccnc1. The molecule has 4 heteroatoms. The lowest BCUT2D eigenvalue weighted by Crippen LogP contribution is -2.25. The Bertz CT molecular complexity index is 471. The van der Waals surface area contributed by atoms with Crippen LogP contribution in [0.3, 0.4) is 0 Å². The molecule has 0 amide bonds. The first-order chi connectivity index (χ1) is 9.04. The van der Waals surface area contributed by atoms with E-state index in [9.17, 15) is 0 Å². The third kappa shape index (κ3) is 4.48. The molecule has 2 rings (SSSR count). The van der Waals surface area contributed by atoms with Gasteiger partial charge in [-0.2, -0.15) is 0 Å². The minimum Gasteiger partial charge on any atom is -0.347 e. The van der Waals surface area contributed by atoms with Gasteiger partial charge in [-0.3, -0.25) is 4.98 Å². The van der Waals surface area contributed by atoms with E-state index in [0.717, 1.165) is 18.7 Å². The van der Waals surface area contributed by atoms with Gasteiger partial charge >= 0.3 is 0 Å². The largest absolute Gasteiger partial charge is 0.347 e. The summed E-state index contributed by atoms with van der Waals surface area (Å²) in [6.07, 6.45) is 8.37. The van der Waals surface area contributed by atoms with E-state index in [2.05, 4.69) is 47.1 Å². The second kappa shape index (κ2) is 5.97. The maximum atomic E-state index is 4.22. The Kier molecular flexibility index (Phi) is 4.32. The van der Waals surface area contributed by atoms with Crippen LogP contribution in [-0.2, 0) is 6.54 Å². The van der Waals surface area contributed by atoms with Gasteiger partial charge in [0.25, 0.3) is 0 Å². The van der Waals surface area contributed by atoms with Gasteiger partial charge in [0.15, 0.2) is 0 Å². The number of rotatable bonds is 5. The standard InChI is InChI=1S/C15H22N4/c1-15(2,3)7-14(12-5-4-6-16-8-12)18-10-13-9-17-11-19-13/h4-6,8-9,11,14,18H,7,10H2,1-3H3,(H,17,19). The molecule has 0 spiro atoms. The van der Waals surface area contributed by atoms with E-state index in [1.165, 1.54) is 5.56 Å². The summed E-state index contributed by atoms with van der Waals surface area (Å²) in [5.74, 6) is 0. The highest BCUT2D eigenvalue weighted by atomic mass is 15.0. The van der Waals surface area contributed by atoms with Crippen LogP contribution in [0.15, 0.2) is 37.1 Å². The Hall–Kier alpha value is -1.68. The van der Waals surface area contributed by atoms with Crippen molar-refractivity contribution in [1.29, 1.82) is 0 Å². The molecule has 0 bridgehead atoms. The number of nitrogens with one attached hydrogen (secondary N) is 2. The number of hydrogen-bond acceptors (Lipinski definition) is 3. The first-order valence-corrected chi connectivity index (χ1v) is 6.65. The second-order valence-electron chi connectivity index (χ2n) is 6.06. The van der Waals surface area contributed by atoms with Crippen LogP contribution >= 0.6 is 0 Å². The molecule has 19 heavy (non-hydrogen) atoms. The van der Waals surface area contributed by atoms with Gasteiger partial charge in [-0.05, 0) is 23.5 Å². The molecule has 1 unspecified atom stereocenters. The highest BCUT2D eigenvalue weighted by Crippen LogP contribution is 2.29. The highest BCUT2D eigenvalue weighted by molar-refractivity contribution is 5.14. The van der Waals surface area contributed by atoms with Crippen molar-refractivity contribution in [3.05, 3.63) is 48.3 Å². The van der Waals surface area contributed by atoms with Crippen LogP contribution < -0.4 is 5.32 Å². The molecular formula is C15H22N4. The van der Waals surface area contributed by atoms with Crippen LogP contribution in [0.25, 0.3) is 0 Å². The van der Waals surface area contributed by atoms with Gasteiger partial charge < -0.3 is 10.3 Å². The number of H-pyrrole nitrogens is 1. The van der Waals surface area contributed by atoms with Gasteiger partial charge in [0.1, 0.15) is 0 Å². The third-order valence-electron chi connectivity index (χ3n) is 3.00. The maximum absolute atomic E-state index is 4.22. The fourth-order valence-electron chi connectivity index (χ4n) is 2.12. The van der Waals surface area contributed by atoms with Crippen molar-refractivity contribution in [2.75, 3.05) is 0 Å². The Balaban J connectivity index is 2.06. The molecule has 2 N–H and O–H groups in total. The van der Waals surface area contributed by atoms with Gasteiger partial charge in [0, 0.05) is 36.9 Å². The third-order valence-corrected chi connectivity index (χ3v) is 3.00. The van der Waals surface area contributed by atoms with Gasteiger partial charge in [-0.15, -0.1) is 0 Å². The molecule has 0 radical (unpaired) electrons. The molecule has 0 saturated heterocycles. The lowest BCUT2D eigenvalue weighted by atomic mass is 9.86. The molecule has 2 heterocycles. The van der Waals surface area contributed by atoms with Crippen molar-refractivity contribution in [1.82, 2.24) is 20.3 Å². The van der Waals surface area contributed by atoms with Crippen LogP contribution in [-0.4, -0.2) is 15.0 Å². The first-order valence-electron chi connectivity index (χ1n) is 6.65. The Morgan fingerprint density at radius 3 is 2.68 bits per heavy atom. The molecular weight excluding hydrogens is 236 g/mol. The first kappa shape index (κ1) is 13.7. The zero-order chi connectivity index (χ0) is 13.7. The monoisotopic (exact) mass is 258 g/mol. The van der Waals surface area contributed by atoms with Gasteiger partial charge in [-0.1, -0.05) is 26.8 Å². The van der Waals surface area contributed by atoms with E-state index in [1.807, 2.05) is 24.7 Å². The summed E-state index contributed by atoms with van der Waals surface area (Å²) >= 11 is 0. The fraction of sp³-hybridized carbons (Fsp3) is 0.467. The molecule has 2 aromatic rings. The number of aromatic amines is 1. The van der Waals surface area contributed by atoms with Crippen LogP contribution in [0.4, 0.5) is 0 Å². The van der Waals surface area contributed by atoms with Crippen molar-refractivity contribution in [2.24, 2.45) is 5.41 Å². The summed E-state index contributed by atoms with van der Waals surface area (Å²) in [6.45, 7) is 7.56. The lowest BCUT2D eigenvalue weighted by Gasteiger charge is -2.27. The molecule has 0 fully saturated rings. The molecule has 0 aliphatic heterocycles. The van der Waals surface area contributed by atoms with Crippen molar-refractivity contribution >= 4 is 0 Å². The number of hydrogen-bond donors (Lipinski definition) is 2. The van der Waals surface area contributed by atoms with E-state index in [0.29, 0.717) is 6.04 Å². The summed E-state index contributed by atoms with van der Waals surface area (Å²) in [7, 11) is 0. The van der Waals surface area contributed by atoms with Crippen molar-refractivity contribution in [3.63, 3.8) is 0 Å². The number of imidazole rings is 1. The Labute approximate surface area is 114 Å². The molecule has 0 aromatic carbocycles. The van der Waals surface area contributed by atoms with Gasteiger partial charge in [0.2, 0.25) is 0 Å². The topological polar surface area (TPSA) is 53.6 Å². The number of pyridine rings is 1. The summed E-state index contributed by atoms with van der Waals surface area (Å²) in [5.41, 5.74) is 2.60. The molecule has 102 valence electrons. The summed E-state index contributed by atoms with van der Waals surface area (Å²) in [6, 6.07) is 4.42. The van der Waals surface area contributed by atoms with E-state index >= 15 is 0 Å². The summed E-state index contributed by atoms with van der Waals surface area (Å²) in [4.78, 5) is 11.4. The predicted octanol–water partition coefficient (Wildman–Crippen LogP) is 3.07. The second-order valence-corrected chi connectivity index (χ2v) is 6.06. The van der Waals surface area contributed by atoms with Crippen molar-refractivity contribution < 1.29 is 0 Å². The quantitative estimate of drug-likeness (QED) is 0.866. The average Bonchev–Trinajstić information content (AvgIpc) is 2.87. The van der Waals surface area contributed by atoms with Crippen LogP contribution in [0.1, 0.15) is 44.5 Å². The van der Waals surface area contributed by atoms with E-state index in [-0.39, 0.29) is 5.41 Å².